The summed E-state index contributed by atoms with van der Waals surface area (Å²) in [4.78, 5) is 10.6. The largest absolute Gasteiger partial charge is 0.340 e. The van der Waals surface area contributed by atoms with Crippen molar-refractivity contribution in [3.05, 3.63) is 63.0 Å². The lowest BCUT2D eigenvalue weighted by Gasteiger charge is -2.06. The highest BCUT2D eigenvalue weighted by atomic mass is 16.6. The zero-order valence-corrected chi connectivity index (χ0v) is 12.0. The van der Waals surface area contributed by atoms with Crippen LogP contribution in [-0.2, 0) is 20.1 Å². The molecule has 0 radical (unpaired) electrons. The van der Waals surface area contributed by atoms with Crippen LogP contribution in [0.3, 0.4) is 0 Å². The molecule has 0 saturated heterocycles. The number of nitrogens with zero attached hydrogens (tertiary/aromatic N) is 3. The number of para-hydroxylation sites is 1. The molecule has 1 aromatic heterocycles. The van der Waals surface area contributed by atoms with Gasteiger partial charge in [0, 0.05) is 37.5 Å². The molecule has 1 N–H and O–H groups in total. The molecule has 0 aliphatic heterocycles. The first-order valence-corrected chi connectivity index (χ1v) is 6.53. The molecule has 21 heavy (non-hydrogen) atoms. The van der Waals surface area contributed by atoms with Crippen LogP contribution in [0.1, 0.15) is 22.5 Å². The van der Waals surface area contributed by atoms with Crippen molar-refractivity contribution in [3.63, 3.8) is 0 Å². The molecule has 2 aromatic rings. The number of nitro benzene ring substituents is 1. The van der Waals surface area contributed by atoms with Crippen LogP contribution in [0.15, 0.2) is 30.3 Å². The van der Waals surface area contributed by atoms with Gasteiger partial charge in [0.15, 0.2) is 0 Å². The Balaban J connectivity index is 2.06. The highest BCUT2D eigenvalue weighted by Gasteiger charge is 2.12. The molecular formula is C15H16N4O2. The Kier molecular flexibility index (Phi) is 4.36. The van der Waals surface area contributed by atoms with E-state index in [2.05, 4.69) is 11.4 Å². The first-order valence-electron chi connectivity index (χ1n) is 6.53. The lowest BCUT2D eigenvalue weighted by Crippen LogP contribution is -2.14. The number of aromatic nitrogens is 1. The van der Waals surface area contributed by atoms with E-state index in [4.69, 9.17) is 5.26 Å². The molecule has 6 nitrogen and oxygen atoms in total. The Bertz CT molecular complexity index is 713. The van der Waals surface area contributed by atoms with E-state index in [1.165, 1.54) is 6.07 Å². The number of hydrogen-bond donors (Lipinski definition) is 1. The van der Waals surface area contributed by atoms with E-state index in [1.807, 2.05) is 24.6 Å². The van der Waals surface area contributed by atoms with Crippen molar-refractivity contribution < 1.29 is 4.92 Å². The maximum atomic E-state index is 10.9. The van der Waals surface area contributed by atoms with Crippen molar-refractivity contribution in [2.75, 3.05) is 0 Å². The number of nitriles is 1. The minimum atomic E-state index is -0.376. The predicted molar refractivity (Wildman–Crippen MR) is 78.5 cm³/mol. The molecule has 0 bridgehead atoms. The quantitative estimate of drug-likeness (QED) is 0.675. The molecule has 6 heteroatoms. The fourth-order valence-corrected chi connectivity index (χ4v) is 2.22. The summed E-state index contributed by atoms with van der Waals surface area (Å²) in [5.41, 5.74) is 3.41. The molecule has 0 amide bonds. The smallest absolute Gasteiger partial charge is 0.273 e. The van der Waals surface area contributed by atoms with Gasteiger partial charge in [0.2, 0.25) is 0 Å². The summed E-state index contributed by atoms with van der Waals surface area (Å²) >= 11 is 0. The Morgan fingerprint density at radius 3 is 2.62 bits per heavy atom. The number of benzene rings is 1. The normalized spacial score (nSPS) is 10.3. The van der Waals surface area contributed by atoms with Crippen LogP contribution >= 0.6 is 0 Å². The highest BCUT2D eigenvalue weighted by Crippen LogP contribution is 2.18. The summed E-state index contributed by atoms with van der Waals surface area (Å²) < 4.78 is 1.84. The molecule has 0 aliphatic rings. The van der Waals surface area contributed by atoms with Gasteiger partial charge < -0.3 is 9.88 Å². The van der Waals surface area contributed by atoms with Crippen molar-refractivity contribution in [3.8, 4) is 6.07 Å². The van der Waals surface area contributed by atoms with Crippen molar-refractivity contribution >= 4 is 5.69 Å². The standard InChI is InChI=1S/C15H16N4O2/c1-11-13(7-14(8-16)18(11)2)10-17-9-12-5-3-4-6-15(12)19(20)21/h3-7,17H,9-10H2,1-2H3. The van der Waals surface area contributed by atoms with E-state index < -0.39 is 0 Å². The molecule has 108 valence electrons. The topological polar surface area (TPSA) is 83.9 Å². The van der Waals surface area contributed by atoms with E-state index in [0.29, 0.717) is 24.3 Å². The van der Waals surface area contributed by atoms with E-state index in [-0.39, 0.29) is 10.6 Å². The maximum Gasteiger partial charge on any atom is 0.273 e. The van der Waals surface area contributed by atoms with Gasteiger partial charge in [-0.1, -0.05) is 18.2 Å². The number of hydrogen-bond acceptors (Lipinski definition) is 4. The van der Waals surface area contributed by atoms with Crippen LogP contribution in [0.25, 0.3) is 0 Å². The van der Waals surface area contributed by atoms with Gasteiger partial charge >= 0.3 is 0 Å². The zero-order valence-electron chi connectivity index (χ0n) is 12.0. The third-order valence-corrected chi connectivity index (χ3v) is 3.57. The molecule has 0 unspecified atom stereocenters. The first-order chi connectivity index (χ1) is 10.0. The zero-order chi connectivity index (χ0) is 15.4. The monoisotopic (exact) mass is 284 g/mol. The number of rotatable bonds is 5. The van der Waals surface area contributed by atoms with Gasteiger partial charge in [-0.25, -0.2) is 0 Å². The number of nitro groups is 1. The second kappa shape index (κ2) is 6.20. The van der Waals surface area contributed by atoms with Gasteiger partial charge in [0.1, 0.15) is 11.8 Å². The van der Waals surface area contributed by atoms with Crippen LogP contribution in [-0.4, -0.2) is 9.49 Å². The summed E-state index contributed by atoms with van der Waals surface area (Å²) in [7, 11) is 1.85. The van der Waals surface area contributed by atoms with E-state index in [9.17, 15) is 10.1 Å². The second-order valence-electron chi connectivity index (χ2n) is 4.80. The molecule has 1 heterocycles. The molecule has 1 aromatic carbocycles. The molecule has 0 atom stereocenters. The van der Waals surface area contributed by atoms with Crippen LogP contribution in [0.4, 0.5) is 5.69 Å². The Morgan fingerprint density at radius 1 is 1.33 bits per heavy atom. The van der Waals surface area contributed by atoms with Crippen LogP contribution in [0, 0.1) is 28.4 Å². The third kappa shape index (κ3) is 3.09. The van der Waals surface area contributed by atoms with Crippen molar-refractivity contribution in [2.45, 2.75) is 20.0 Å². The minimum absolute atomic E-state index is 0.118. The Labute approximate surface area is 122 Å². The second-order valence-corrected chi connectivity index (χ2v) is 4.80. The van der Waals surface area contributed by atoms with Gasteiger partial charge in [0.05, 0.1) is 4.92 Å². The van der Waals surface area contributed by atoms with E-state index in [1.54, 1.807) is 18.2 Å². The summed E-state index contributed by atoms with van der Waals surface area (Å²) in [6.07, 6.45) is 0. The molecule has 0 aliphatic carbocycles. The maximum absolute atomic E-state index is 10.9. The van der Waals surface area contributed by atoms with Gasteiger partial charge in [-0.3, -0.25) is 10.1 Å². The summed E-state index contributed by atoms with van der Waals surface area (Å²) in [6, 6.07) is 10.6. The molecule has 2 rings (SSSR count). The lowest BCUT2D eigenvalue weighted by molar-refractivity contribution is -0.385. The molecule has 0 fully saturated rings. The minimum Gasteiger partial charge on any atom is -0.340 e. The fourth-order valence-electron chi connectivity index (χ4n) is 2.22. The van der Waals surface area contributed by atoms with Crippen LogP contribution < -0.4 is 5.32 Å². The highest BCUT2D eigenvalue weighted by molar-refractivity contribution is 5.40. The van der Waals surface area contributed by atoms with Gasteiger partial charge in [-0.15, -0.1) is 0 Å². The summed E-state index contributed by atoms with van der Waals surface area (Å²) in [5, 5.41) is 23.1. The lowest BCUT2D eigenvalue weighted by atomic mass is 10.1. The van der Waals surface area contributed by atoms with Crippen molar-refractivity contribution in [1.29, 1.82) is 5.26 Å². The van der Waals surface area contributed by atoms with E-state index in [0.717, 1.165) is 11.3 Å². The van der Waals surface area contributed by atoms with Crippen LogP contribution in [0.2, 0.25) is 0 Å². The average Bonchev–Trinajstić information content (AvgIpc) is 2.75. The Hall–Kier alpha value is -2.65. The van der Waals surface area contributed by atoms with Crippen molar-refractivity contribution in [2.24, 2.45) is 7.05 Å². The van der Waals surface area contributed by atoms with Gasteiger partial charge in [-0.2, -0.15) is 5.26 Å². The summed E-state index contributed by atoms with van der Waals surface area (Å²) in [6.45, 7) is 2.92. The first kappa shape index (κ1) is 14.8. The molecular weight excluding hydrogens is 268 g/mol. The Morgan fingerprint density at radius 2 is 2.00 bits per heavy atom. The molecule has 0 saturated carbocycles. The number of nitrogens with one attached hydrogen (secondary N) is 1. The molecule has 0 spiro atoms. The predicted octanol–water partition coefficient (Wildman–Crippen LogP) is 2.40. The summed E-state index contributed by atoms with van der Waals surface area (Å²) in [5.74, 6) is 0. The average molecular weight is 284 g/mol. The SMILES string of the molecule is Cc1c(CNCc2ccccc2[N+](=O)[O-])cc(C#N)n1C. The van der Waals surface area contributed by atoms with Gasteiger partial charge in [0.25, 0.3) is 5.69 Å². The third-order valence-electron chi connectivity index (χ3n) is 3.57. The fraction of sp³-hybridized carbons (Fsp3) is 0.267. The van der Waals surface area contributed by atoms with E-state index >= 15 is 0 Å². The van der Waals surface area contributed by atoms with Crippen molar-refractivity contribution in [1.82, 2.24) is 9.88 Å². The van der Waals surface area contributed by atoms with Crippen LogP contribution in [0.5, 0.6) is 0 Å². The van der Waals surface area contributed by atoms with Gasteiger partial charge in [-0.05, 0) is 18.6 Å².